The van der Waals surface area contributed by atoms with Crippen molar-refractivity contribution < 1.29 is 36.0 Å². The summed E-state index contributed by atoms with van der Waals surface area (Å²) < 4.78 is 57.9. The van der Waals surface area contributed by atoms with Crippen LogP contribution in [0, 0.1) is 35.5 Å². The van der Waals surface area contributed by atoms with Crippen molar-refractivity contribution in [2.45, 2.75) is 9.79 Å². The number of amides is 4. The van der Waals surface area contributed by atoms with Gasteiger partial charge in [-0.25, -0.2) is 26.6 Å². The Morgan fingerprint density at radius 2 is 0.808 bits per heavy atom. The number of halogens is 2. The second kappa shape index (κ2) is 12.3. The molecule has 0 radical (unpaired) electrons. The van der Waals surface area contributed by atoms with Crippen LogP contribution in [0.1, 0.15) is 0 Å². The van der Waals surface area contributed by atoms with Crippen molar-refractivity contribution in [3.63, 3.8) is 0 Å². The molecule has 4 amide bonds. The van der Waals surface area contributed by atoms with Gasteiger partial charge in [0.2, 0.25) is 23.6 Å². The van der Waals surface area contributed by atoms with Gasteiger partial charge in [0.25, 0.3) is 20.0 Å². The van der Waals surface area contributed by atoms with Crippen molar-refractivity contribution >= 4 is 89.6 Å². The van der Waals surface area contributed by atoms with Gasteiger partial charge in [-0.15, -0.1) is 0 Å². The molecule has 16 heteroatoms. The summed E-state index contributed by atoms with van der Waals surface area (Å²) >= 11 is 11.8. The maximum absolute atomic E-state index is 14.1. The number of allylic oxidation sites excluding steroid dienone is 2. The van der Waals surface area contributed by atoms with Crippen LogP contribution in [0.25, 0.3) is 0 Å². The normalized spacial score (nSPS) is 25.0. The van der Waals surface area contributed by atoms with E-state index in [0.717, 1.165) is 9.80 Å². The highest BCUT2D eigenvalue weighted by Gasteiger charge is 2.69. The molecule has 4 aromatic rings. The first-order valence-electron chi connectivity index (χ1n) is 16.0. The summed E-state index contributed by atoms with van der Waals surface area (Å²) in [5.41, 5.74) is 0.597. The third-order valence-electron chi connectivity index (χ3n) is 9.98. The van der Waals surface area contributed by atoms with Crippen molar-refractivity contribution in [2.24, 2.45) is 35.5 Å². The van der Waals surface area contributed by atoms with Crippen LogP contribution >= 0.6 is 23.2 Å². The number of carbonyl (C=O) groups excluding carboxylic acids is 4. The molecule has 2 saturated heterocycles. The van der Waals surface area contributed by atoms with Crippen LogP contribution in [0.3, 0.4) is 0 Å². The second-order valence-electron chi connectivity index (χ2n) is 12.9. The van der Waals surface area contributed by atoms with Gasteiger partial charge in [-0.1, -0.05) is 47.5 Å². The average molecular weight is 778 g/mol. The molecule has 4 atom stereocenters. The molecule has 2 N–H and O–H groups in total. The number of benzene rings is 4. The zero-order valence-electron chi connectivity index (χ0n) is 26.6. The van der Waals surface area contributed by atoms with Crippen LogP contribution in [0.2, 0.25) is 10.0 Å². The quantitative estimate of drug-likeness (QED) is 0.179. The molecule has 3 aliphatic carbocycles. The standard InChI is InChI=1S/C36H26Cl2N4O8S2/c37-19-7-11-21(12-8-19)39-51(47,48)25-5-1-3-23(17-25)41-33(43)29-27-15-16-28(30(29)34(41)44)32-31(27)35(45)42(36(32)46)24-4-2-6-26(18-24)52(49,50)40-22-13-9-20(38)10-14-22/h1-18,27-32,39-40H/t27?,28?,29-,30+,31-,32+. The summed E-state index contributed by atoms with van der Waals surface area (Å²) in [5, 5.41) is 0.842. The molecular weight excluding hydrogens is 751 g/mol. The molecule has 4 aromatic carbocycles. The lowest BCUT2D eigenvalue weighted by Gasteiger charge is -2.44. The highest BCUT2D eigenvalue weighted by Crippen LogP contribution is 2.58. The first-order chi connectivity index (χ1) is 24.7. The fourth-order valence-corrected chi connectivity index (χ4v) is 10.2. The smallest absolute Gasteiger partial charge is 0.261 e. The molecule has 52 heavy (non-hydrogen) atoms. The number of anilines is 4. The van der Waals surface area contributed by atoms with Crippen molar-refractivity contribution in [1.82, 2.24) is 0 Å². The largest absolute Gasteiger partial charge is 0.280 e. The van der Waals surface area contributed by atoms with Gasteiger partial charge in [-0.3, -0.25) is 28.6 Å². The van der Waals surface area contributed by atoms with Gasteiger partial charge in [0, 0.05) is 33.3 Å². The van der Waals surface area contributed by atoms with Gasteiger partial charge in [0.05, 0.1) is 44.8 Å². The molecule has 2 aliphatic heterocycles. The molecular formula is C36H26Cl2N4O8S2. The van der Waals surface area contributed by atoms with E-state index in [1.807, 2.05) is 0 Å². The van der Waals surface area contributed by atoms with Crippen LogP contribution in [0.4, 0.5) is 22.7 Å². The summed E-state index contributed by atoms with van der Waals surface area (Å²) in [5.74, 6) is -7.90. The van der Waals surface area contributed by atoms with Crippen LogP contribution in [-0.4, -0.2) is 40.5 Å². The summed E-state index contributed by atoms with van der Waals surface area (Å²) in [4.78, 5) is 57.8. The third kappa shape index (κ3) is 5.48. The predicted molar refractivity (Wildman–Crippen MR) is 192 cm³/mol. The number of sulfonamides is 2. The van der Waals surface area contributed by atoms with E-state index in [1.165, 1.54) is 97.1 Å². The van der Waals surface area contributed by atoms with E-state index in [4.69, 9.17) is 23.2 Å². The number of nitrogens with one attached hydrogen (secondary N) is 2. The van der Waals surface area contributed by atoms with E-state index in [0.29, 0.717) is 10.0 Å². The topological polar surface area (TPSA) is 167 Å². The van der Waals surface area contributed by atoms with Crippen molar-refractivity contribution in [1.29, 1.82) is 0 Å². The molecule has 0 unspecified atom stereocenters. The van der Waals surface area contributed by atoms with E-state index in [-0.39, 0.29) is 32.5 Å². The number of rotatable bonds is 8. The van der Waals surface area contributed by atoms with Crippen LogP contribution in [0.15, 0.2) is 119 Å². The van der Waals surface area contributed by atoms with Crippen molar-refractivity contribution in [3.05, 3.63) is 119 Å². The maximum Gasteiger partial charge on any atom is 0.261 e. The van der Waals surface area contributed by atoms with E-state index in [1.54, 1.807) is 12.2 Å². The molecule has 2 bridgehead atoms. The van der Waals surface area contributed by atoms with Crippen LogP contribution < -0.4 is 19.2 Å². The lowest BCUT2D eigenvalue weighted by atomic mass is 9.54. The summed E-state index contributed by atoms with van der Waals surface area (Å²) in [6.45, 7) is 0. The molecule has 3 fully saturated rings. The zero-order valence-corrected chi connectivity index (χ0v) is 29.7. The van der Waals surface area contributed by atoms with Gasteiger partial charge in [0.1, 0.15) is 0 Å². The fourth-order valence-electron chi connectivity index (χ4n) is 7.78. The van der Waals surface area contributed by atoms with Gasteiger partial charge in [-0.2, -0.15) is 0 Å². The minimum atomic E-state index is -4.13. The molecule has 264 valence electrons. The molecule has 0 spiro atoms. The first-order valence-corrected chi connectivity index (χ1v) is 19.7. The van der Waals surface area contributed by atoms with Gasteiger partial charge in [-0.05, 0) is 84.9 Å². The van der Waals surface area contributed by atoms with E-state index < -0.39 is 79.2 Å². The summed E-state index contributed by atoms with van der Waals surface area (Å²) in [7, 11) is -8.27. The fraction of sp³-hybridized carbons (Fsp3) is 0.167. The number of hydrogen-bond donors (Lipinski definition) is 2. The number of imide groups is 2. The number of carbonyl (C=O) groups is 4. The van der Waals surface area contributed by atoms with E-state index >= 15 is 0 Å². The Bertz CT molecular complexity index is 2240. The third-order valence-corrected chi connectivity index (χ3v) is 13.2. The monoisotopic (exact) mass is 776 g/mol. The first kappa shape index (κ1) is 34.1. The van der Waals surface area contributed by atoms with Gasteiger partial charge >= 0.3 is 0 Å². The Balaban J connectivity index is 1.06. The van der Waals surface area contributed by atoms with E-state index in [2.05, 4.69) is 9.44 Å². The van der Waals surface area contributed by atoms with Crippen LogP contribution in [0.5, 0.6) is 0 Å². The SMILES string of the molecule is O=C1[C@@H]2C3C=CC([C@@H]2C(=O)N1c1cccc(S(=O)(=O)Nc2ccc(Cl)cc2)c1)[C@@H]1C(=O)N(c2cccc(S(=O)(=O)Nc4ccc(Cl)cc4)c2)C(=O)[C@H]31. The van der Waals surface area contributed by atoms with E-state index in [9.17, 15) is 36.0 Å². The molecule has 1 saturated carbocycles. The average Bonchev–Trinajstić information content (AvgIpc) is 3.57. The van der Waals surface area contributed by atoms with Gasteiger partial charge in [0.15, 0.2) is 0 Å². The van der Waals surface area contributed by atoms with Crippen LogP contribution in [-0.2, 0) is 39.2 Å². The Labute approximate surface area is 308 Å². The van der Waals surface area contributed by atoms with Crippen molar-refractivity contribution in [3.8, 4) is 0 Å². The predicted octanol–water partition coefficient (Wildman–Crippen LogP) is 5.32. The molecule has 9 rings (SSSR count). The number of hydrogen-bond acceptors (Lipinski definition) is 8. The summed E-state index contributed by atoms with van der Waals surface area (Å²) in [6, 6.07) is 22.9. The lowest BCUT2D eigenvalue weighted by molar-refractivity contribution is -0.137. The zero-order chi connectivity index (χ0) is 36.7. The van der Waals surface area contributed by atoms with Gasteiger partial charge < -0.3 is 0 Å². The molecule has 2 heterocycles. The minimum absolute atomic E-state index is 0.0393. The Kier molecular flexibility index (Phi) is 8.06. The highest BCUT2D eigenvalue weighted by molar-refractivity contribution is 7.93. The lowest BCUT2D eigenvalue weighted by Crippen LogP contribution is -2.50. The Morgan fingerprint density at radius 1 is 0.481 bits per heavy atom. The molecule has 0 aromatic heterocycles. The number of nitrogens with zero attached hydrogens (tertiary/aromatic N) is 2. The molecule has 5 aliphatic rings. The summed E-state index contributed by atoms with van der Waals surface area (Å²) in [6.07, 6.45) is 3.40. The Hall–Kier alpha value is -5.02. The minimum Gasteiger partial charge on any atom is -0.280 e. The maximum atomic E-state index is 14.1. The Morgan fingerprint density at radius 3 is 1.13 bits per heavy atom. The highest BCUT2D eigenvalue weighted by atomic mass is 35.5. The second-order valence-corrected chi connectivity index (χ2v) is 17.1. The van der Waals surface area contributed by atoms with Crippen molar-refractivity contribution in [2.75, 3.05) is 19.2 Å². The molecule has 12 nitrogen and oxygen atoms in total.